The van der Waals surface area contributed by atoms with Crippen LogP contribution in [-0.4, -0.2) is 39.4 Å². The van der Waals surface area contributed by atoms with Crippen LogP contribution < -0.4 is 5.32 Å². The van der Waals surface area contributed by atoms with Crippen molar-refractivity contribution in [2.75, 3.05) is 6.54 Å². The molecule has 1 aliphatic heterocycles. The third-order valence-electron chi connectivity index (χ3n) is 3.92. The zero-order valence-corrected chi connectivity index (χ0v) is 12.8. The van der Waals surface area contributed by atoms with Gasteiger partial charge < -0.3 is 5.32 Å². The van der Waals surface area contributed by atoms with E-state index < -0.39 is 11.8 Å². The molecule has 2 N–H and O–H groups in total. The third kappa shape index (κ3) is 2.61. The molecule has 0 saturated heterocycles. The molecular weight excluding hydrogens is 296 g/mol. The van der Waals surface area contributed by atoms with Crippen molar-refractivity contribution in [3.05, 3.63) is 52.3 Å². The van der Waals surface area contributed by atoms with Crippen molar-refractivity contribution in [3.8, 4) is 0 Å². The fourth-order valence-corrected chi connectivity index (χ4v) is 2.60. The van der Waals surface area contributed by atoms with Gasteiger partial charge in [0.05, 0.1) is 16.8 Å². The maximum absolute atomic E-state index is 12.2. The van der Waals surface area contributed by atoms with Crippen LogP contribution in [0.15, 0.2) is 24.3 Å². The molecular formula is C16H16N4O3. The van der Waals surface area contributed by atoms with Gasteiger partial charge in [0.2, 0.25) is 5.91 Å². The maximum Gasteiger partial charge on any atom is 0.262 e. The summed E-state index contributed by atoms with van der Waals surface area (Å²) in [6, 6.07) is 6.56. The highest BCUT2D eigenvalue weighted by Gasteiger charge is 2.36. The number of hydrogen-bond acceptors (Lipinski definition) is 4. The van der Waals surface area contributed by atoms with Gasteiger partial charge in [-0.1, -0.05) is 12.1 Å². The average molecular weight is 312 g/mol. The minimum absolute atomic E-state index is 0.289. The highest BCUT2D eigenvalue weighted by molar-refractivity contribution is 6.22. The number of rotatable bonds is 4. The quantitative estimate of drug-likeness (QED) is 0.821. The molecule has 0 unspecified atom stereocenters. The molecule has 1 aromatic heterocycles. The first-order chi connectivity index (χ1) is 11.0. The Morgan fingerprint density at radius 3 is 2.30 bits per heavy atom. The SMILES string of the molecule is Cc1n[nH]c(C)c1CNC(=O)CN1C(=O)c2ccccc2C1=O. The molecule has 0 atom stereocenters. The summed E-state index contributed by atoms with van der Waals surface area (Å²) in [7, 11) is 0. The normalized spacial score (nSPS) is 13.4. The van der Waals surface area contributed by atoms with Gasteiger partial charge in [0.15, 0.2) is 0 Å². The first kappa shape index (κ1) is 15.0. The van der Waals surface area contributed by atoms with Gasteiger partial charge in [-0.25, -0.2) is 0 Å². The van der Waals surface area contributed by atoms with Crippen LogP contribution in [0.3, 0.4) is 0 Å². The summed E-state index contributed by atoms with van der Waals surface area (Å²) in [6.45, 7) is 3.72. The van der Waals surface area contributed by atoms with Gasteiger partial charge in [-0.2, -0.15) is 5.10 Å². The smallest absolute Gasteiger partial charge is 0.262 e. The molecule has 7 heteroatoms. The van der Waals surface area contributed by atoms with Crippen LogP contribution in [0.1, 0.15) is 37.7 Å². The van der Waals surface area contributed by atoms with Gasteiger partial charge in [-0.15, -0.1) is 0 Å². The van der Waals surface area contributed by atoms with E-state index in [1.165, 1.54) is 0 Å². The lowest BCUT2D eigenvalue weighted by atomic mass is 10.1. The van der Waals surface area contributed by atoms with Crippen LogP contribution in [0.4, 0.5) is 0 Å². The van der Waals surface area contributed by atoms with Gasteiger partial charge in [0, 0.05) is 17.8 Å². The molecule has 118 valence electrons. The summed E-state index contributed by atoms with van der Waals surface area (Å²) in [5, 5.41) is 9.61. The minimum Gasteiger partial charge on any atom is -0.350 e. The first-order valence-electron chi connectivity index (χ1n) is 7.21. The van der Waals surface area contributed by atoms with Crippen LogP contribution in [-0.2, 0) is 11.3 Å². The number of imide groups is 1. The van der Waals surface area contributed by atoms with E-state index in [1.807, 2.05) is 13.8 Å². The van der Waals surface area contributed by atoms with E-state index in [0.717, 1.165) is 21.9 Å². The number of carbonyl (C=O) groups is 3. The topological polar surface area (TPSA) is 95.2 Å². The van der Waals surface area contributed by atoms with E-state index in [9.17, 15) is 14.4 Å². The summed E-state index contributed by atoms with van der Waals surface area (Å²) in [6.07, 6.45) is 0. The van der Waals surface area contributed by atoms with Crippen molar-refractivity contribution in [3.63, 3.8) is 0 Å². The minimum atomic E-state index is -0.434. The number of fused-ring (bicyclic) bond motifs is 1. The van der Waals surface area contributed by atoms with Crippen LogP contribution in [0, 0.1) is 13.8 Å². The molecule has 3 rings (SSSR count). The van der Waals surface area contributed by atoms with E-state index in [2.05, 4.69) is 15.5 Å². The Morgan fingerprint density at radius 2 is 1.78 bits per heavy atom. The van der Waals surface area contributed by atoms with E-state index in [4.69, 9.17) is 0 Å². The van der Waals surface area contributed by atoms with Gasteiger partial charge in [-0.05, 0) is 26.0 Å². The maximum atomic E-state index is 12.2. The fraction of sp³-hybridized carbons (Fsp3) is 0.250. The number of amides is 3. The third-order valence-corrected chi connectivity index (χ3v) is 3.92. The van der Waals surface area contributed by atoms with E-state index in [0.29, 0.717) is 17.7 Å². The molecule has 2 aromatic rings. The number of aromatic nitrogens is 2. The lowest BCUT2D eigenvalue weighted by molar-refractivity contribution is -0.121. The van der Waals surface area contributed by atoms with E-state index in [-0.39, 0.29) is 12.5 Å². The van der Waals surface area contributed by atoms with Gasteiger partial charge >= 0.3 is 0 Å². The van der Waals surface area contributed by atoms with Crippen molar-refractivity contribution in [2.45, 2.75) is 20.4 Å². The Morgan fingerprint density at radius 1 is 1.17 bits per heavy atom. The van der Waals surface area contributed by atoms with Crippen LogP contribution in [0.2, 0.25) is 0 Å². The Hall–Kier alpha value is -2.96. The number of hydrogen-bond donors (Lipinski definition) is 2. The Kier molecular flexibility index (Phi) is 3.69. The fourth-order valence-electron chi connectivity index (χ4n) is 2.60. The van der Waals surface area contributed by atoms with E-state index in [1.54, 1.807) is 24.3 Å². The number of nitrogens with one attached hydrogen (secondary N) is 2. The average Bonchev–Trinajstić information content (AvgIpc) is 2.98. The molecule has 0 bridgehead atoms. The second-order valence-electron chi connectivity index (χ2n) is 5.43. The van der Waals surface area contributed by atoms with Gasteiger partial charge in [0.1, 0.15) is 6.54 Å². The lowest BCUT2D eigenvalue weighted by Gasteiger charge is -2.13. The summed E-state index contributed by atoms with van der Waals surface area (Å²) in [4.78, 5) is 37.4. The number of aromatic amines is 1. The molecule has 1 aromatic carbocycles. The molecule has 3 amide bonds. The van der Waals surface area contributed by atoms with Crippen molar-refractivity contribution >= 4 is 17.7 Å². The number of benzene rings is 1. The highest BCUT2D eigenvalue weighted by Crippen LogP contribution is 2.21. The van der Waals surface area contributed by atoms with Crippen molar-refractivity contribution in [1.29, 1.82) is 0 Å². The lowest BCUT2D eigenvalue weighted by Crippen LogP contribution is -2.40. The summed E-state index contributed by atoms with van der Waals surface area (Å²) in [5.74, 6) is -1.26. The largest absolute Gasteiger partial charge is 0.350 e. The number of nitrogens with zero attached hydrogens (tertiary/aromatic N) is 2. The Bertz CT molecular complexity index is 755. The monoisotopic (exact) mass is 312 g/mol. The number of carbonyl (C=O) groups excluding carboxylic acids is 3. The summed E-state index contributed by atoms with van der Waals surface area (Å²) in [5.41, 5.74) is 3.27. The summed E-state index contributed by atoms with van der Waals surface area (Å²) >= 11 is 0. The molecule has 0 radical (unpaired) electrons. The van der Waals surface area contributed by atoms with Gasteiger partial charge in [-0.3, -0.25) is 24.4 Å². The zero-order valence-electron chi connectivity index (χ0n) is 12.8. The predicted molar refractivity (Wildman–Crippen MR) is 81.7 cm³/mol. The Balaban J connectivity index is 1.65. The van der Waals surface area contributed by atoms with Crippen molar-refractivity contribution < 1.29 is 14.4 Å². The van der Waals surface area contributed by atoms with E-state index >= 15 is 0 Å². The number of aryl methyl sites for hydroxylation is 2. The first-order valence-corrected chi connectivity index (χ1v) is 7.21. The van der Waals surface area contributed by atoms with Crippen LogP contribution in [0.25, 0.3) is 0 Å². The molecule has 0 fully saturated rings. The second-order valence-corrected chi connectivity index (χ2v) is 5.43. The standard InChI is InChI=1S/C16H16N4O3/c1-9-13(10(2)19-18-9)7-17-14(21)8-20-15(22)11-5-3-4-6-12(11)16(20)23/h3-6H,7-8H2,1-2H3,(H,17,21)(H,18,19). The second kappa shape index (κ2) is 5.68. The van der Waals surface area contributed by atoms with Gasteiger partial charge in [0.25, 0.3) is 11.8 Å². The highest BCUT2D eigenvalue weighted by atomic mass is 16.2. The molecule has 2 heterocycles. The molecule has 23 heavy (non-hydrogen) atoms. The predicted octanol–water partition coefficient (Wildman–Crippen LogP) is 0.939. The van der Waals surface area contributed by atoms with Crippen molar-refractivity contribution in [1.82, 2.24) is 20.4 Å². The molecule has 0 saturated carbocycles. The number of H-pyrrole nitrogens is 1. The van der Waals surface area contributed by atoms with Crippen LogP contribution in [0.5, 0.6) is 0 Å². The summed E-state index contributed by atoms with van der Waals surface area (Å²) < 4.78 is 0. The Labute approximate surface area is 132 Å². The molecule has 7 nitrogen and oxygen atoms in total. The van der Waals surface area contributed by atoms with Crippen molar-refractivity contribution in [2.24, 2.45) is 0 Å². The molecule has 1 aliphatic rings. The molecule has 0 spiro atoms. The van der Waals surface area contributed by atoms with Crippen LogP contribution >= 0.6 is 0 Å². The molecule has 0 aliphatic carbocycles. The zero-order chi connectivity index (χ0) is 16.6.